The van der Waals surface area contributed by atoms with Gasteiger partial charge in [-0.25, -0.2) is 0 Å². The van der Waals surface area contributed by atoms with Gasteiger partial charge in [0.25, 0.3) is 0 Å². The van der Waals surface area contributed by atoms with Crippen molar-refractivity contribution < 1.29 is 51.5 Å². The van der Waals surface area contributed by atoms with Gasteiger partial charge in [-0.3, -0.25) is 4.57 Å². The van der Waals surface area contributed by atoms with Crippen molar-refractivity contribution in [3.8, 4) is 0 Å². The van der Waals surface area contributed by atoms with Crippen molar-refractivity contribution in [1.82, 2.24) is 0 Å². The number of ether oxygens (including phenoxy) is 8. The number of rotatable bonds is 8. The molecule has 0 aromatic carbocycles. The van der Waals surface area contributed by atoms with Crippen LogP contribution in [0.1, 0.15) is 27.7 Å². The molecule has 4 fully saturated rings. The summed E-state index contributed by atoms with van der Waals surface area (Å²) in [6.45, 7) is 8.69. The van der Waals surface area contributed by atoms with Crippen molar-refractivity contribution in [3.63, 3.8) is 0 Å². The first-order valence-electron chi connectivity index (χ1n) is 10.4. The summed E-state index contributed by atoms with van der Waals surface area (Å²) in [5.74, 6) is -1.52. The van der Waals surface area contributed by atoms with Crippen LogP contribution in [0.25, 0.3) is 0 Å². The molecule has 0 saturated carbocycles. The lowest BCUT2D eigenvalue weighted by Gasteiger charge is -2.25. The van der Waals surface area contributed by atoms with Gasteiger partial charge < -0.3 is 46.9 Å². The Labute approximate surface area is 182 Å². The second-order valence-electron chi connectivity index (χ2n) is 9.05. The Morgan fingerprint density at radius 1 is 0.710 bits per heavy atom. The summed E-state index contributed by atoms with van der Waals surface area (Å²) in [5, 5.41) is 0. The molecule has 0 aliphatic carbocycles. The van der Waals surface area contributed by atoms with Crippen molar-refractivity contribution in [2.24, 2.45) is 0 Å². The van der Waals surface area contributed by atoms with Crippen LogP contribution in [0.2, 0.25) is 0 Å². The number of hydrogen-bond donors (Lipinski definition) is 0. The van der Waals surface area contributed by atoms with Crippen LogP contribution in [-0.2, 0) is 51.5 Å². The average Bonchev–Trinajstić information content (AvgIpc) is 3.35. The molecule has 11 nitrogen and oxygen atoms in total. The highest BCUT2D eigenvalue weighted by molar-refractivity contribution is 7.52. The Hall–Kier alpha value is -0.170. The van der Waals surface area contributed by atoms with E-state index in [4.69, 9.17) is 46.9 Å². The van der Waals surface area contributed by atoms with Gasteiger partial charge in [-0.15, -0.1) is 0 Å². The van der Waals surface area contributed by atoms with Gasteiger partial charge in [0.2, 0.25) is 0 Å². The molecule has 0 N–H and O–H groups in total. The molecular formula is C19H33O11P. The monoisotopic (exact) mass is 468 g/mol. The zero-order chi connectivity index (χ0) is 22.6. The van der Waals surface area contributed by atoms with Crippen LogP contribution in [0.4, 0.5) is 0 Å². The molecule has 4 aliphatic rings. The zero-order valence-electron chi connectivity index (χ0n) is 19.0. The fourth-order valence-corrected chi connectivity index (χ4v) is 5.30. The summed E-state index contributed by atoms with van der Waals surface area (Å²) in [4.78, 5) is 0. The smallest absolute Gasteiger partial charge is 0.327 e. The lowest BCUT2D eigenvalue weighted by Crippen LogP contribution is -2.33. The second kappa shape index (κ2) is 8.56. The lowest BCUT2D eigenvalue weighted by atomic mass is 10.1. The van der Waals surface area contributed by atoms with E-state index in [-0.39, 0.29) is 25.4 Å². The van der Waals surface area contributed by atoms with Gasteiger partial charge in [-0.05, 0) is 27.7 Å². The van der Waals surface area contributed by atoms with Crippen molar-refractivity contribution in [2.45, 2.75) is 88.5 Å². The molecule has 0 bridgehead atoms. The fraction of sp³-hybridized carbons (Fsp3) is 1.00. The van der Waals surface area contributed by atoms with E-state index in [1.54, 1.807) is 0 Å². The van der Waals surface area contributed by atoms with Crippen LogP contribution < -0.4 is 0 Å². The highest BCUT2D eigenvalue weighted by atomic mass is 31.2. The maximum absolute atomic E-state index is 12.9. The third kappa shape index (κ3) is 5.02. The van der Waals surface area contributed by atoms with Gasteiger partial charge in [-0.2, -0.15) is 0 Å². The standard InChI is InChI=1S/C19H33O11P/c1-18(2)27-12-10(25-16(21-5)14(12)29-18)8-23-31(7,20)24-9-11-13-15(17(22-6)26-11)30-19(3,4)28-13/h10-17H,8-9H2,1-7H3/t10-,11-,12-,13-,14-,15-,16-,17-/m1/s1. The van der Waals surface area contributed by atoms with E-state index >= 15 is 0 Å². The minimum Gasteiger partial charge on any atom is -0.353 e. The minimum atomic E-state index is -3.43. The van der Waals surface area contributed by atoms with E-state index in [9.17, 15) is 4.57 Å². The maximum Gasteiger partial charge on any atom is 0.327 e. The first-order chi connectivity index (χ1) is 14.4. The lowest BCUT2D eigenvalue weighted by molar-refractivity contribution is -0.230. The highest BCUT2D eigenvalue weighted by Gasteiger charge is 2.57. The van der Waals surface area contributed by atoms with E-state index in [1.165, 1.54) is 20.9 Å². The van der Waals surface area contributed by atoms with Gasteiger partial charge in [0.15, 0.2) is 24.2 Å². The van der Waals surface area contributed by atoms with Crippen LogP contribution in [-0.4, -0.2) is 94.9 Å². The van der Waals surface area contributed by atoms with E-state index < -0.39 is 56.2 Å². The van der Waals surface area contributed by atoms with Crippen LogP contribution in [0, 0.1) is 0 Å². The second-order valence-corrected chi connectivity index (χ2v) is 11.1. The Bertz CT molecular complexity index is 646. The molecule has 4 rings (SSSR count). The minimum absolute atomic E-state index is 0.000833. The largest absolute Gasteiger partial charge is 0.353 e. The van der Waals surface area contributed by atoms with Gasteiger partial charge in [-0.1, -0.05) is 0 Å². The number of hydrogen-bond acceptors (Lipinski definition) is 11. The van der Waals surface area contributed by atoms with Gasteiger partial charge in [0.05, 0.1) is 13.2 Å². The van der Waals surface area contributed by atoms with Crippen LogP contribution in [0.3, 0.4) is 0 Å². The molecule has 4 heterocycles. The van der Waals surface area contributed by atoms with E-state index in [0.717, 1.165) is 0 Å². The van der Waals surface area contributed by atoms with Crippen LogP contribution in [0.15, 0.2) is 0 Å². The summed E-state index contributed by atoms with van der Waals surface area (Å²) >= 11 is 0. The van der Waals surface area contributed by atoms with Gasteiger partial charge >= 0.3 is 7.60 Å². The molecule has 0 spiro atoms. The molecule has 180 valence electrons. The third-order valence-corrected chi connectivity index (χ3v) is 6.86. The predicted octanol–water partition coefficient (Wildman–Crippen LogP) is 1.63. The van der Waals surface area contributed by atoms with Crippen molar-refractivity contribution >= 4 is 7.60 Å². The first-order valence-corrected chi connectivity index (χ1v) is 12.4. The topological polar surface area (TPSA) is 109 Å². The van der Waals surface area contributed by atoms with Crippen molar-refractivity contribution in [1.29, 1.82) is 0 Å². The molecular weight excluding hydrogens is 435 g/mol. The molecule has 0 aromatic rings. The van der Waals surface area contributed by atoms with E-state index in [2.05, 4.69) is 0 Å². The number of methoxy groups -OCH3 is 2. The fourth-order valence-electron chi connectivity index (χ4n) is 4.39. The molecule has 4 saturated heterocycles. The summed E-state index contributed by atoms with van der Waals surface area (Å²) in [6.07, 6.45) is -3.76. The summed E-state index contributed by atoms with van der Waals surface area (Å²) < 4.78 is 69.9. The molecule has 4 aliphatic heterocycles. The van der Waals surface area contributed by atoms with Gasteiger partial charge in [0.1, 0.15) is 36.6 Å². The molecule has 8 atom stereocenters. The molecule has 0 radical (unpaired) electrons. The van der Waals surface area contributed by atoms with Crippen LogP contribution in [0.5, 0.6) is 0 Å². The Morgan fingerprint density at radius 2 is 1.06 bits per heavy atom. The summed E-state index contributed by atoms with van der Waals surface area (Å²) in [5.41, 5.74) is 0. The summed E-state index contributed by atoms with van der Waals surface area (Å²) in [7, 11) is -0.358. The van der Waals surface area contributed by atoms with Gasteiger partial charge in [0, 0.05) is 20.9 Å². The first kappa shape index (κ1) is 24.0. The highest BCUT2D eigenvalue weighted by Crippen LogP contribution is 2.47. The predicted molar refractivity (Wildman–Crippen MR) is 104 cm³/mol. The van der Waals surface area contributed by atoms with E-state index in [1.807, 2.05) is 27.7 Å². The maximum atomic E-state index is 12.9. The molecule has 31 heavy (non-hydrogen) atoms. The van der Waals surface area contributed by atoms with Crippen LogP contribution >= 0.6 is 7.60 Å². The Balaban J connectivity index is 1.30. The Kier molecular flexibility index (Phi) is 6.62. The quantitative estimate of drug-likeness (QED) is 0.485. The molecule has 0 aromatic heterocycles. The number of fused-ring (bicyclic) bond motifs is 2. The normalized spacial score (nSPS) is 44.9. The van der Waals surface area contributed by atoms with Crippen molar-refractivity contribution in [2.75, 3.05) is 34.1 Å². The molecule has 0 amide bonds. The average molecular weight is 468 g/mol. The third-order valence-electron chi connectivity index (χ3n) is 5.63. The Morgan fingerprint density at radius 3 is 1.42 bits per heavy atom. The van der Waals surface area contributed by atoms with E-state index in [0.29, 0.717) is 0 Å². The SMILES string of the molecule is CO[C@@H]1O[C@H](COP(C)(=O)OC[C@H]2O[C@@H](OC)[C@@H]3OC(C)(C)O[C@@H]32)[C@H]2OC(C)(C)O[C@@H]12. The molecule has 0 unspecified atom stereocenters. The summed E-state index contributed by atoms with van der Waals surface area (Å²) in [6, 6.07) is 0. The molecule has 12 heteroatoms. The van der Waals surface area contributed by atoms with Crippen molar-refractivity contribution in [3.05, 3.63) is 0 Å². The zero-order valence-corrected chi connectivity index (χ0v) is 19.9.